The number of aromatic nitrogens is 4. The van der Waals surface area contributed by atoms with E-state index in [2.05, 4.69) is 57.3 Å². The molecule has 0 saturated carbocycles. The van der Waals surface area contributed by atoms with E-state index in [0.717, 1.165) is 59.0 Å². The average molecular weight is 461 g/mol. The van der Waals surface area contributed by atoms with Crippen molar-refractivity contribution in [3.63, 3.8) is 0 Å². The SMILES string of the molecule is Cc1nc(N2C[C@@H](C)O[C@@H](C)C2)n2c1cnc1ccc(-c3ccc(OCCN(C)C)nc3)cc12. The number of benzene rings is 1. The Morgan fingerprint density at radius 2 is 1.76 bits per heavy atom. The third-order valence-corrected chi connectivity index (χ3v) is 6.18. The molecule has 1 aliphatic rings. The Balaban J connectivity index is 1.53. The smallest absolute Gasteiger partial charge is 0.213 e. The lowest BCUT2D eigenvalue weighted by atomic mass is 10.1. The molecule has 34 heavy (non-hydrogen) atoms. The van der Waals surface area contributed by atoms with E-state index in [9.17, 15) is 0 Å². The first-order chi connectivity index (χ1) is 16.4. The van der Waals surface area contributed by atoms with Crippen molar-refractivity contribution in [2.24, 2.45) is 0 Å². The molecule has 8 nitrogen and oxygen atoms in total. The number of nitrogens with zero attached hydrogens (tertiary/aromatic N) is 6. The van der Waals surface area contributed by atoms with E-state index in [-0.39, 0.29) is 12.2 Å². The summed E-state index contributed by atoms with van der Waals surface area (Å²) < 4.78 is 13.9. The zero-order chi connectivity index (χ0) is 23.8. The van der Waals surface area contributed by atoms with Gasteiger partial charge in [-0.2, -0.15) is 0 Å². The molecule has 0 unspecified atom stereocenters. The molecule has 4 aromatic rings. The van der Waals surface area contributed by atoms with Crippen LogP contribution in [0, 0.1) is 6.92 Å². The molecule has 178 valence electrons. The van der Waals surface area contributed by atoms with Crippen LogP contribution in [-0.4, -0.2) is 76.8 Å². The van der Waals surface area contributed by atoms with Crippen LogP contribution in [0.4, 0.5) is 5.95 Å². The Morgan fingerprint density at radius 1 is 1.00 bits per heavy atom. The van der Waals surface area contributed by atoms with Crippen molar-refractivity contribution in [2.75, 3.05) is 45.2 Å². The van der Waals surface area contributed by atoms with Crippen LogP contribution in [0.3, 0.4) is 0 Å². The Morgan fingerprint density at radius 3 is 2.47 bits per heavy atom. The third kappa shape index (κ3) is 4.43. The first-order valence-electron chi connectivity index (χ1n) is 11.8. The Kier molecular flexibility index (Phi) is 6.10. The van der Waals surface area contributed by atoms with Gasteiger partial charge in [0.1, 0.15) is 6.61 Å². The second kappa shape index (κ2) is 9.19. The highest BCUT2D eigenvalue weighted by Crippen LogP contribution is 2.30. The number of imidazole rings is 1. The summed E-state index contributed by atoms with van der Waals surface area (Å²) in [6, 6.07) is 10.3. The molecule has 0 N–H and O–H groups in total. The van der Waals surface area contributed by atoms with Crippen LogP contribution in [0.25, 0.3) is 27.7 Å². The average Bonchev–Trinajstić information content (AvgIpc) is 3.15. The van der Waals surface area contributed by atoms with Crippen molar-refractivity contribution in [1.29, 1.82) is 0 Å². The van der Waals surface area contributed by atoms with E-state index in [4.69, 9.17) is 19.4 Å². The number of likely N-dealkylation sites (N-methyl/N-ethyl adjacent to an activating group) is 1. The Bertz CT molecular complexity index is 1290. The van der Waals surface area contributed by atoms with Gasteiger partial charge in [-0.1, -0.05) is 6.07 Å². The quantitative estimate of drug-likeness (QED) is 0.433. The second-order valence-electron chi connectivity index (χ2n) is 9.38. The van der Waals surface area contributed by atoms with E-state index in [1.165, 1.54) is 0 Å². The molecule has 8 heteroatoms. The summed E-state index contributed by atoms with van der Waals surface area (Å²) in [6.07, 6.45) is 4.10. The van der Waals surface area contributed by atoms with Gasteiger partial charge in [0.05, 0.1) is 40.6 Å². The summed E-state index contributed by atoms with van der Waals surface area (Å²) in [5.74, 6) is 1.58. The van der Waals surface area contributed by atoms with Crippen LogP contribution >= 0.6 is 0 Å². The molecule has 2 atom stereocenters. The van der Waals surface area contributed by atoms with Crippen LogP contribution in [0.15, 0.2) is 42.7 Å². The molecule has 1 saturated heterocycles. The summed E-state index contributed by atoms with van der Waals surface area (Å²) in [7, 11) is 4.05. The molecule has 1 aliphatic heterocycles. The molecule has 1 fully saturated rings. The second-order valence-corrected chi connectivity index (χ2v) is 9.38. The van der Waals surface area contributed by atoms with E-state index < -0.39 is 0 Å². The topological polar surface area (TPSA) is 68.0 Å². The summed E-state index contributed by atoms with van der Waals surface area (Å²) in [5.41, 5.74) is 6.07. The first-order valence-corrected chi connectivity index (χ1v) is 11.8. The number of hydrogen-bond donors (Lipinski definition) is 0. The Labute approximate surface area is 200 Å². The predicted molar refractivity (Wildman–Crippen MR) is 135 cm³/mol. The van der Waals surface area contributed by atoms with Gasteiger partial charge >= 0.3 is 0 Å². The molecule has 5 rings (SSSR count). The van der Waals surface area contributed by atoms with Gasteiger partial charge in [-0.05, 0) is 58.6 Å². The van der Waals surface area contributed by atoms with Crippen molar-refractivity contribution in [2.45, 2.75) is 33.0 Å². The van der Waals surface area contributed by atoms with Crippen molar-refractivity contribution < 1.29 is 9.47 Å². The molecule has 3 aromatic heterocycles. The van der Waals surface area contributed by atoms with Gasteiger partial charge in [-0.15, -0.1) is 0 Å². The maximum atomic E-state index is 5.96. The molecule has 4 heterocycles. The lowest BCUT2D eigenvalue weighted by Crippen LogP contribution is -2.46. The maximum Gasteiger partial charge on any atom is 0.213 e. The van der Waals surface area contributed by atoms with Gasteiger partial charge in [0.15, 0.2) is 0 Å². The molecule has 1 aromatic carbocycles. The van der Waals surface area contributed by atoms with Crippen molar-refractivity contribution in [3.8, 4) is 17.0 Å². The fraction of sp³-hybridized carbons (Fsp3) is 0.423. The zero-order valence-corrected chi connectivity index (χ0v) is 20.5. The molecule has 0 spiro atoms. The number of fused-ring (bicyclic) bond motifs is 3. The minimum absolute atomic E-state index is 0.157. The minimum atomic E-state index is 0.157. The first kappa shape index (κ1) is 22.6. The molecule has 0 aliphatic carbocycles. The highest BCUT2D eigenvalue weighted by Gasteiger charge is 2.26. The molecule has 0 radical (unpaired) electrons. The van der Waals surface area contributed by atoms with E-state index in [0.29, 0.717) is 12.5 Å². The van der Waals surface area contributed by atoms with Crippen LogP contribution in [0.5, 0.6) is 5.88 Å². The molecular weight excluding hydrogens is 428 g/mol. The van der Waals surface area contributed by atoms with E-state index in [1.807, 2.05) is 39.5 Å². The lowest BCUT2D eigenvalue weighted by molar-refractivity contribution is -0.00573. The summed E-state index contributed by atoms with van der Waals surface area (Å²) in [5, 5.41) is 0. The maximum absolute atomic E-state index is 5.96. The standard InChI is InChI=1S/C26H32N6O2/c1-17-15-31(16-18(2)34-17)26-29-19(3)24-14-27-22-8-6-20(12-23(22)32(24)26)21-7-9-25(28-13-21)33-11-10-30(4)5/h6-9,12-14,17-18H,10-11,15-16H2,1-5H3/t17-,18+. The number of anilines is 1. The lowest BCUT2D eigenvalue weighted by Gasteiger charge is -2.35. The van der Waals surface area contributed by atoms with Gasteiger partial charge in [0.25, 0.3) is 0 Å². The number of hydrogen-bond acceptors (Lipinski definition) is 7. The Hall–Kier alpha value is -3.23. The molecule has 0 bridgehead atoms. The molecule has 0 amide bonds. The fourth-order valence-corrected chi connectivity index (χ4v) is 4.56. The van der Waals surface area contributed by atoms with Crippen molar-refractivity contribution in [3.05, 3.63) is 48.4 Å². The normalized spacial score (nSPS) is 18.8. The highest BCUT2D eigenvalue weighted by molar-refractivity contribution is 5.85. The number of morpholine rings is 1. The number of ether oxygens (including phenoxy) is 2. The summed E-state index contributed by atoms with van der Waals surface area (Å²) >= 11 is 0. The number of aryl methyl sites for hydroxylation is 1. The van der Waals surface area contributed by atoms with Crippen LogP contribution in [-0.2, 0) is 4.74 Å². The highest BCUT2D eigenvalue weighted by atomic mass is 16.5. The van der Waals surface area contributed by atoms with Gasteiger partial charge in [-0.3, -0.25) is 9.38 Å². The largest absolute Gasteiger partial charge is 0.476 e. The van der Waals surface area contributed by atoms with Crippen LogP contribution in [0.1, 0.15) is 19.5 Å². The summed E-state index contributed by atoms with van der Waals surface area (Å²) in [4.78, 5) is 18.6. The monoisotopic (exact) mass is 460 g/mol. The van der Waals surface area contributed by atoms with Crippen molar-refractivity contribution >= 4 is 22.5 Å². The van der Waals surface area contributed by atoms with Gasteiger partial charge in [-0.25, -0.2) is 9.97 Å². The predicted octanol–water partition coefficient (Wildman–Crippen LogP) is 3.81. The van der Waals surface area contributed by atoms with Gasteiger partial charge in [0.2, 0.25) is 11.8 Å². The fourth-order valence-electron chi connectivity index (χ4n) is 4.56. The van der Waals surface area contributed by atoms with Crippen LogP contribution < -0.4 is 9.64 Å². The number of rotatable bonds is 6. The van der Waals surface area contributed by atoms with E-state index in [1.54, 1.807) is 0 Å². The van der Waals surface area contributed by atoms with Crippen molar-refractivity contribution in [1.82, 2.24) is 24.3 Å². The molecular formula is C26H32N6O2. The van der Waals surface area contributed by atoms with Gasteiger partial charge in [0, 0.05) is 37.5 Å². The minimum Gasteiger partial charge on any atom is -0.476 e. The number of pyridine rings is 1. The van der Waals surface area contributed by atoms with E-state index >= 15 is 0 Å². The third-order valence-electron chi connectivity index (χ3n) is 6.18. The van der Waals surface area contributed by atoms with Crippen LogP contribution in [0.2, 0.25) is 0 Å². The van der Waals surface area contributed by atoms with Gasteiger partial charge < -0.3 is 19.3 Å². The zero-order valence-electron chi connectivity index (χ0n) is 20.5. The summed E-state index contributed by atoms with van der Waals surface area (Å²) in [6.45, 7) is 9.36.